The van der Waals surface area contributed by atoms with Crippen LogP contribution in [0, 0.1) is 0 Å². The van der Waals surface area contributed by atoms with Crippen LogP contribution >= 0.6 is 0 Å². The lowest BCUT2D eigenvalue weighted by Crippen LogP contribution is -1.97. The molecule has 0 aliphatic rings. The highest BCUT2D eigenvalue weighted by Gasteiger charge is 2.23. The summed E-state index contributed by atoms with van der Waals surface area (Å²) in [6.45, 7) is 0. The Morgan fingerprint density at radius 2 is 0.540 bits per heavy atom. The van der Waals surface area contributed by atoms with E-state index < -0.39 is 0 Å². The van der Waals surface area contributed by atoms with Gasteiger partial charge in [-0.05, 0) is 119 Å². The maximum atomic E-state index is 6.66. The maximum Gasteiger partial charge on any atom is 0.161 e. The van der Waals surface area contributed by atoms with Crippen LogP contribution in [0.5, 0.6) is 0 Å². The van der Waals surface area contributed by atoms with Crippen LogP contribution in [0.1, 0.15) is 0 Å². The van der Waals surface area contributed by atoms with Crippen molar-refractivity contribution in [3.8, 4) is 101 Å². The van der Waals surface area contributed by atoms with Crippen molar-refractivity contribution in [1.82, 2.24) is 29.1 Å². The largest absolute Gasteiger partial charge is 0.456 e. The summed E-state index contributed by atoms with van der Waals surface area (Å²) in [7, 11) is 0. The number of hydrogen-bond acceptors (Lipinski definition) is 5. The molecule has 0 saturated carbocycles. The molecule has 0 aliphatic heterocycles. The van der Waals surface area contributed by atoms with E-state index in [0.717, 1.165) is 155 Å². The summed E-state index contributed by atoms with van der Waals surface area (Å²) in [5.41, 5.74) is 22.0. The van der Waals surface area contributed by atoms with Gasteiger partial charge in [0.15, 0.2) is 11.6 Å². The molecule has 0 radical (unpaired) electrons. The molecule has 7 heteroatoms. The Kier molecular flexibility index (Phi) is 11.7. The van der Waals surface area contributed by atoms with Crippen LogP contribution in [0.25, 0.3) is 167 Å². The van der Waals surface area contributed by atoms with E-state index in [9.17, 15) is 0 Å². The number of fused-ring (bicyclic) bond motifs is 9. The summed E-state index contributed by atoms with van der Waals surface area (Å²) < 4.78 is 11.4. The third kappa shape index (κ3) is 8.59. The van der Waals surface area contributed by atoms with Gasteiger partial charge in [-0.1, -0.05) is 206 Å². The van der Waals surface area contributed by atoms with Crippen molar-refractivity contribution >= 4 is 65.6 Å². The SMILES string of the molecule is c1ccc(-c2cc(-c3ccccc3)nc(-c3cccc4c3c3cc(-c5ccc6oc7ccc(-c8ccc9c(c8)c8c(-c%10nc(-c%11ccccc%11)cc(-c%11ccccc%11)n%10)cccc8n9-c8ccccc8)cc7c6c5)ccc3n4-c3ccccc3)n2)cc1. The first-order chi connectivity index (χ1) is 43.1. The number of para-hydroxylation sites is 2. The molecule has 0 atom stereocenters. The van der Waals surface area contributed by atoms with Gasteiger partial charge in [-0.15, -0.1) is 0 Å². The fraction of sp³-hybridized carbons (Fsp3) is 0. The zero-order chi connectivity index (χ0) is 57.4. The van der Waals surface area contributed by atoms with Gasteiger partial charge < -0.3 is 13.6 Å². The van der Waals surface area contributed by atoms with Crippen molar-refractivity contribution in [3.63, 3.8) is 0 Å². The Morgan fingerprint density at radius 3 is 0.885 bits per heavy atom. The van der Waals surface area contributed by atoms with Crippen LogP contribution in [0.15, 0.2) is 308 Å². The van der Waals surface area contributed by atoms with Gasteiger partial charge in [0.1, 0.15) is 11.2 Å². The summed E-state index contributed by atoms with van der Waals surface area (Å²) in [5.74, 6) is 1.34. The summed E-state index contributed by atoms with van der Waals surface area (Å²) in [5, 5.41) is 6.48. The minimum Gasteiger partial charge on any atom is -0.456 e. The fourth-order valence-electron chi connectivity index (χ4n) is 12.9. The second kappa shape index (κ2) is 20.5. The van der Waals surface area contributed by atoms with Crippen LogP contribution in [0.3, 0.4) is 0 Å². The average molecular weight is 1110 g/mol. The van der Waals surface area contributed by atoms with Gasteiger partial charge in [0, 0.05) is 77.1 Å². The second-order valence-corrected chi connectivity index (χ2v) is 22.1. The molecule has 0 aliphatic carbocycles. The molecule has 7 nitrogen and oxygen atoms in total. The normalized spacial score (nSPS) is 11.7. The van der Waals surface area contributed by atoms with Crippen LogP contribution in [0.2, 0.25) is 0 Å². The Labute approximate surface area is 501 Å². The number of hydrogen-bond donors (Lipinski definition) is 0. The number of rotatable bonds is 10. The van der Waals surface area contributed by atoms with Gasteiger partial charge in [0.05, 0.1) is 44.8 Å². The van der Waals surface area contributed by atoms with Gasteiger partial charge in [-0.2, -0.15) is 0 Å². The van der Waals surface area contributed by atoms with Crippen molar-refractivity contribution in [3.05, 3.63) is 303 Å². The van der Waals surface area contributed by atoms with Crippen LogP contribution in [-0.4, -0.2) is 29.1 Å². The van der Waals surface area contributed by atoms with E-state index in [1.54, 1.807) is 0 Å². The molecule has 17 rings (SSSR count). The number of benzene rings is 12. The Balaban J connectivity index is 0.819. The highest BCUT2D eigenvalue weighted by atomic mass is 16.3. The summed E-state index contributed by atoms with van der Waals surface area (Å²) in [6, 6.07) is 107. The molecule has 406 valence electrons. The molecule has 12 aromatic carbocycles. The molecule has 0 fully saturated rings. The van der Waals surface area contributed by atoms with E-state index >= 15 is 0 Å². The molecule has 17 aromatic rings. The standard InChI is InChI=1S/C80H50N6O/c1-7-21-51(22-8-1)67-49-68(52-23-9-2-10-24-52)82-79(81-67)61-33-19-35-73-77(61)65-47-55(37-41-71(65)85(73)59-29-15-5-16-30-59)57-39-43-75-63(45-57)64-46-58(40-44-76(64)87-75)56-38-42-72-66(48-56)78-62(34-20-36-74(78)86(72)60-31-17-6-18-32-60)80-83-69(53-25-11-3-12-26-53)50-70(84-80)54-27-13-4-14-28-54/h1-50H. The summed E-state index contributed by atoms with van der Waals surface area (Å²) in [6.07, 6.45) is 0. The Morgan fingerprint density at radius 1 is 0.230 bits per heavy atom. The zero-order valence-electron chi connectivity index (χ0n) is 47.0. The molecule has 87 heavy (non-hydrogen) atoms. The van der Waals surface area contributed by atoms with Crippen LogP contribution in [0.4, 0.5) is 0 Å². The number of nitrogens with zero attached hydrogens (tertiary/aromatic N) is 6. The fourth-order valence-corrected chi connectivity index (χ4v) is 12.9. The quantitative estimate of drug-likeness (QED) is 0.136. The Bertz CT molecular complexity index is 5030. The van der Waals surface area contributed by atoms with E-state index in [2.05, 4.69) is 288 Å². The van der Waals surface area contributed by atoms with Gasteiger partial charge >= 0.3 is 0 Å². The van der Waals surface area contributed by atoms with E-state index in [1.165, 1.54) is 0 Å². The highest BCUT2D eigenvalue weighted by molar-refractivity contribution is 6.18. The molecule has 0 unspecified atom stereocenters. The van der Waals surface area contributed by atoms with Crippen molar-refractivity contribution in [1.29, 1.82) is 0 Å². The van der Waals surface area contributed by atoms with Crippen molar-refractivity contribution in [2.24, 2.45) is 0 Å². The second-order valence-electron chi connectivity index (χ2n) is 22.1. The predicted octanol–water partition coefficient (Wildman–Crippen LogP) is 20.7. The molecule has 5 aromatic heterocycles. The lowest BCUT2D eigenvalue weighted by molar-refractivity contribution is 0.669. The molecule has 0 saturated heterocycles. The average Bonchev–Trinajstić information content (AvgIpc) is 2.27. The maximum absolute atomic E-state index is 6.66. The van der Waals surface area contributed by atoms with E-state index in [0.29, 0.717) is 11.6 Å². The van der Waals surface area contributed by atoms with Crippen molar-refractivity contribution in [2.45, 2.75) is 0 Å². The van der Waals surface area contributed by atoms with Crippen molar-refractivity contribution < 1.29 is 4.42 Å². The van der Waals surface area contributed by atoms with Gasteiger partial charge in [-0.3, -0.25) is 0 Å². The zero-order valence-corrected chi connectivity index (χ0v) is 47.0. The monoisotopic (exact) mass is 1110 g/mol. The summed E-state index contributed by atoms with van der Waals surface area (Å²) in [4.78, 5) is 21.4. The summed E-state index contributed by atoms with van der Waals surface area (Å²) >= 11 is 0. The predicted molar refractivity (Wildman–Crippen MR) is 357 cm³/mol. The molecule has 0 spiro atoms. The van der Waals surface area contributed by atoms with Crippen LogP contribution in [-0.2, 0) is 0 Å². The van der Waals surface area contributed by atoms with Crippen LogP contribution < -0.4 is 0 Å². The minimum absolute atomic E-state index is 0.669. The Hall–Kier alpha value is -11.8. The molecular formula is C80H50N6O. The van der Waals surface area contributed by atoms with Crippen molar-refractivity contribution in [2.75, 3.05) is 0 Å². The lowest BCUT2D eigenvalue weighted by Gasteiger charge is -2.11. The smallest absolute Gasteiger partial charge is 0.161 e. The van der Waals surface area contributed by atoms with E-state index in [4.69, 9.17) is 24.4 Å². The lowest BCUT2D eigenvalue weighted by atomic mass is 9.97. The topological polar surface area (TPSA) is 74.6 Å². The molecular weight excluding hydrogens is 1060 g/mol. The first-order valence-corrected chi connectivity index (χ1v) is 29.3. The first kappa shape index (κ1) is 49.8. The third-order valence-corrected chi connectivity index (χ3v) is 17.0. The molecule has 0 amide bonds. The molecule has 0 bridgehead atoms. The van der Waals surface area contributed by atoms with E-state index in [1.807, 2.05) is 24.3 Å². The highest BCUT2D eigenvalue weighted by Crippen LogP contribution is 2.44. The minimum atomic E-state index is 0.669. The molecule has 5 heterocycles. The first-order valence-electron chi connectivity index (χ1n) is 29.3. The number of aromatic nitrogens is 6. The van der Waals surface area contributed by atoms with Gasteiger partial charge in [-0.25, -0.2) is 19.9 Å². The van der Waals surface area contributed by atoms with Gasteiger partial charge in [0.25, 0.3) is 0 Å². The number of furan rings is 1. The van der Waals surface area contributed by atoms with Gasteiger partial charge in [0.2, 0.25) is 0 Å². The van der Waals surface area contributed by atoms with E-state index in [-0.39, 0.29) is 0 Å². The third-order valence-electron chi connectivity index (χ3n) is 17.0. The molecule has 0 N–H and O–H groups in total.